The summed E-state index contributed by atoms with van der Waals surface area (Å²) in [4.78, 5) is 30.4. The maximum absolute atomic E-state index is 12.9. The van der Waals surface area contributed by atoms with Gasteiger partial charge in [0.2, 0.25) is 0 Å². The van der Waals surface area contributed by atoms with Crippen molar-refractivity contribution in [2.24, 2.45) is 12.0 Å². The first kappa shape index (κ1) is 21.6. The van der Waals surface area contributed by atoms with Gasteiger partial charge in [-0.2, -0.15) is 0 Å². The van der Waals surface area contributed by atoms with Crippen LogP contribution in [0.4, 0.5) is 5.69 Å². The highest BCUT2D eigenvalue weighted by Gasteiger charge is 2.31. The highest BCUT2D eigenvalue weighted by Crippen LogP contribution is 2.29. The molecular weight excluding hydrogens is 402 g/mol. The van der Waals surface area contributed by atoms with E-state index in [1.54, 1.807) is 12.1 Å². The molecule has 0 aliphatic carbocycles. The predicted octanol–water partition coefficient (Wildman–Crippen LogP) is 4.60. The van der Waals surface area contributed by atoms with E-state index in [0.717, 1.165) is 22.4 Å². The third-order valence-electron chi connectivity index (χ3n) is 5.70. The fourth-order valence-corrected chi connectivity index (χ4v) is 3.73. The number of aryl methyl sites for hydroxylation is 1. The van der Waals surface area contributed by atoms with Crippen LogP contribution < -0.4 is 5.32 Å². The maximum Gasteiger partial charge on any atom is 0.340 e. The van der Waals surface area contributed by atoms with Gasteiger partial charge in [-0.25, -0.2) is 9.79 Å². The SMILES string of the molecule is Cc1c2c(cn1C)NC(=O)C(OC(=O)c1ccc(C(C)(C)C)cc1)N=C2c1ccccc1. The van der Waals surface area contributed by atoms with Crippen LogP contribution in [0.1, 0.15) is 53.5 Å². The van der Waals surface area contributed by atoms with Gasteiger partial charge in [0, 0.05) is 30.1 Å². The minimum atomic E-state index is -1.29. The third kappa shape index (κ3) is 4.08. The van der Waals surface area contributed by atoms with Crippen molar-refractivity contribution in [2.45, 2.75) is 39.3 Å². The Hall–Kier alpha value is -3.67. The Labute approximate surface area is 187 Å². The van der Waals surface area contributed by atoms with Gasteiger partial charge in [0.25, 0.3) is 12.1 Å². The third-order valence-corrected chi connectivity index (χ3v) is 5.70. The number of ether oxygens (including phenoxy) is 1. The number of esters is 1. The normalized spacial score (nSPS) is 16.0. The molecule has 1 unspecified atom stereocenters. The summed E-state index contributed by atoms with van der Waals surface area (Å²) in [6.07, 6.45) is 0.549. The lowest BCUT2D eigenvalue weighted by Gasteiger charge is -2.19. The van der Waals surface area contributed by atoms with Crippen LogP contribution in [-0.2, 0) is 22.0 Å². The second kappa shape index (κ2) is 8.11. The molecular formula is C26H27N3O3. The van der Waals surface area contributed by atoms with Gasteiger partial charge in [-0.15, -0.1) is 0 Å². The number of nitrogens with zero attached hydrogens (tertiary/aromatic N) is 2. The molecule has 1 aliphatic rings. The smallest absolute Gasteiger partial charge is 0.340 e. The molecule has 1 atom stereocenters. The summed E-state index contributed by atoms with van der Waals surface area (Å²) in [5.74, 6) is -1.08. The number of rotatable bonds is 3. The fourth-order valence-electron chi connectivity index (χ4n) is 3.73. The zero-order valence-corrected chi connectivity index (χ0v) is 19.0. The van der Waals surface area contributed by atoms with Crippen molar-refractivity contribution in [2.75, 3.05) is 5.32 Å². The number of carbonyl (C=O) groups excluding carboxylic acids is 2. The number of aromatic nitrogens is 1. The Morgan fingerprint density at radius 2 is 1.72 bits per heavy atom. The largest absolute Gasteiger partial charge is 0.426 e. The molecule has 2 aromatic carbocycles. The van der Waals surface area contributed by atoms with E-state index in [0.29, 0.717) is 17.0 Å². The Morgan fingerprint density at radius 3 is 2.34 bits per heavy atom. The van der Waals surface area contributed by atoms with E-state index in [1.165, 1.54) is 0 Å². The van der Waals surface area contributed by atoms with Gasteiger partial charge in [0.1, 0.15) is 0 Å². The molecule has 32 heavy (non-hydrogen) atoms. The van der Waals surface area contributed by atoms with Crippen molar-refractivity contribution in [3.8, 4) is 0 Å². The molecule has 164 valence electrons. The van der Waals surface area contributed by atoms with E-state index in [2.05, 4.69) is 31.1 Å². The number of amides is 1. The minimum Gasteiger partial charge on any atom is -0.426 e. The molecule has 0 bridgehead atoms. The molecule has 2 heterocycles. The molecule has 1 amide bonds. The number of nitrogens with one attached hydrogen (secondary N) is 1. The van der Waals surface area contributed by atoms with Crippen LogP contribution in [0, 0.1) is 6.92 Å². The van der Waals surface area contributed by atoms with Gasteiger partial charge in [0.15, 0.2) is 0 Å². The summed E-state index contributed by atoms with van der Waals surface area (Å²) < 4.78 is 7.51. The Bertz CT molecular complexity index is 1200. The number of hydrogen-bond donors (Lipinski definition) is 1. The van der Waals surface area contributed by atoms with Crippen LogP contribution in [0.25, 0.3) is 0 Å². The molecule has 6 heteroatoms. The second-order valence-electron chi connectivity index (χ2n) is 9.03. The van der Waals surface area contributed by atoms with Gasteiger partial charge >= 0.3 is 5.97 Å². The molecule has 0 radical (unpaired) electrons. The van der Waals surface area contributed by atoms with Crippen molar-refractivity contribution in [1.82, 2.24) is 4.57 Å². The highest BCUT2D eigenvalue weighted by molar-refractivity contribution is 6.20. The average Bonchev–Trinajstić information content (AvgIpc) is 2.95. The first-order valence-electron chi connectivity index (χ1n) is 10.6. The number of hydrogen-bond acceptors (Lipinski definition) is 4. The lowest BCUT2D eigenvalue weighted by molar-refractivity contribution is -0.124. The summed E-state index contributed by atoms with van der Waals surface area (Å²) in [6.45, 7) is 8.29. The van der Waals surface area contributed by atoms with Gasteiger partial charge in [-0.3, -0.25) is 4.79 Å². The first-order chi connectivity index (χ1) is 15.1. The van der Waals surface area contributed by atoms with E-state index >= 15 is 0 Å². The topological polar surface area (TPSA) is 72.7 Å². The van der Waals surface area contributed by atoms with Gasteiger partial charge < -0.3 is 14.6 Å². The minimum absolute atomic E-state index is 0.0251. The first-order valence-corrected chi connectivity index (χ1v) is 10.6. The van der Waals surface area contributed by atoms with Crippen LogP contribution >= 0.6 is 0 Å². The lowest BCUT2D eigenvalue weighted by Crippen LogP contribution is -2.30. The molecule has 0 spiro atoms. The van der Waals surface area contributed by atoms with Crippen LogP contribution in [0.15, 0.2) is 65.8 Å². The fraction of sp³-hybridized carbons (Fsp3) is 0.269. The van der Waals surface area contributed by atoms with Crippen molar-refractivity contribution < 1.29 is 14.3 Å². The van der Waals surface area contributed by atoms with Crippen molar-refractivity contribution >= 4 is 23.3 Å². The van der Waals surface area contributed by atoms with Crippen LogP contribution in [-0.4, -0.2) is 28.4 Å². The van der Waals surface area contributed by atoms with E-state index in [9.17, 15) is 9.59 Å². The zero-order valence-electron chi connectivity index (χ0n) is 19.0. The lowest BCUT2D eigenvalue weighted by atomic mass is 9.87. The van der Waals surface area contributed by atoms with Crippen LogP contribution in [0.2, 0.25) is 0 Å². The van der Waals surface area contributed by atoms with Crippen molar-refractivity contribution in [3.05, 3.63) is 88.7 Å². The Kier molecular flexibility index (Phi) is 5.46. The van der Waals surface area contributed by atoms with E-state index in [1.807, 2.05) is 67.2 Å². The summed E-state index contributed by atoms with van der Waals surface area (Å²) in [7, 11) is 1.91. The monoisotopic (exact) mass is 429 g/mol. The van der Waals surface area contributed by atoms with Crippen molar-refractivity contribution in [1.29, 1.82) is 0 Å². The molecule has 0 saturated heterocycles. The molecule has 3 aromatic rings. The molecule has 1 aromatic heterocycles. The van der Waals surface area contributed by atoms with Gasteiger partial charge in [0.05, 0.1) is 17.0 Å². The summed E-state index contributed by atoms with van der Waals surface area (Å²) in [6, 6.07) is 16.8. The van der Waals surface area contributed by atoms with Gasteiger partial charge in [-0.05, 0) is 30.0 Å². The van der Waals surface area contributed by atoms with Crippen LogP contribution in [0.5, 0.6) is 0 Å². The molecule has 4 rings (SSSR count). The Morgan fingerprint density at radius 1 is 1.06 bits per heavy atom. The molecule has 0 fully saturated rings. The number of carbonyl (C=O) groups is 2. The average molecular weight is 430 g/mol. The summed E-state index contributed by atoms with van der Waals surface area (Å²) >= 11 is 0. The number of aliphatic imine (C=N–C) groups is 1. The quantitative estimate of drug-likeness (QED) is 0.618. The highest BCUT2D eigenvalue weighted by atomic mass is 16.6. The maximum atomic E-state index is 12.9. The summed E-state index contributed by atoms with van der Waals surface area (Å²) in [5, 5.41) is 2.87. The molecule has 6 nitrogen and oxygen atoms in total. The molecule has 1 N–H and O–H groups in total. The number of fused-ring (bicyclic) bond motifs is 1. The van der Waals surface area contributed by atoms with E-state index < -0.39 is 18.1 Å². The standard InChI is InChI=1S/C26H27N3O3/c1-16-21-20(15-29(16)5)27-23(30)24(28-22(21)17-9-7-6-8-10-17)32-25(31)18-11-13-19(14-12-18)26(2,3)4/h6-15,24H,1-5H3,(H,27,30). The van der Waals surface area contributed by atoms with Gasteiger partial charge in [-0.1, -0.05) is 63.2 Å². The molecule has 0 saturated carbocycles. The second-order valence-corrected chi connectivity index (χ2v) is 9.03. The van der Waals surface area contributed by atoms with Crippen LogP contribution in [0.3, 0.4) is 0 Å². The number of benzene rings is 2. The zero-order chi connectivity index (χ0) is 23.0. The Balaban J connectivity index is 1.69. The van der Waals surface area contributed by atoms with Crippen molar-refractivity contribution in [3.63, 3.8) is 0 Å². The van der Waals surface area contributed by atoms with E-state index in [4.69, 9.17) is 4.74 Å². The van der Waals surface area contributed by atoms with E-state index in [-0.39, 0.29) is 5.41 Å². The molecule has 1 aliphatic heterocycles. The summed E-state index contributed by atoms with van der Waals surface area (Å²) in [5.41, 5.74) is 5.33. The predicted molar refractivity (Wildman–Crippen MR) is 125 cm³/mol. The number of anilines is 1.